The van der Waals surface area contributed by atoms with E-state index in [2.05, 4.69) is 41.2 Å². The molecule has 0 saturated heterocycles. The van der Waals surface area contributed by atoms with Gasteiger partial charge in [-0.1, -0.05) is 32.0 Å². The van der Waals surface area contributed by atoms with E-state index in [4.69, 9.17) is 4.74 Å². The zero-order valence-electron chi connectivity index (χ0n) is 16.3. The molecule has 1 N–H and O–H groups in total. The molecule has 0 aliphatic rings. The van der Waals surface area contributed by atoms with Crippen LogP contribution in [0.25, 0.3) is 0 Å². The molecule has 0 aliphatic carbocycles. The van der Waals surface area contributed by atoms with Gasteiger partial charge in [0.25, 0.3) is 5.91 Å². The first kappa shape index (κ1) is 19.2. The summed E-state index contributed by atoms with van der Waals surface area (Å²) in [5, 5.41) is 5.09. The highest BCUT2D eigenvalue weighted by atomic mass is 32.1. The molecule has 2 aromatic heterocycles. The largest absolute Gasteiger partial charge is 0.491 e. The van der Waals surface area contributed by atoms with Crippen molar-refractivity contribution in [1.82, 2.24) is 4.57 Å². The van der Waals surface area contributed by atoms with Crippen molar-refractivity contribution in [3.05, 3.63) is 69.7 Å². The lowest BCUT2D eigenvalue weighted by atomic mass is 10.2. The third-order valence-corrected chi connectivity index (χ3v) is 5.28. The lowest BCUT2D eigenvalue weighted by Crippen LogP contribution is -2.15. The molecule has 0 radical (unpaired) electrons. The molecule has 1 aromatic carbocycles. The van der Waals surface area contributed by atoms with Crippen molar-refractivity contribution in [3.63, 3.8) is 0 Å². The van der Waals surface area contributed by atoms with Crippen molar-refractivity contribution in [2.75, 3.05) is 11.9 Å². The van der Waals surface area contributed by atoms with E-state index in [0.29, 0.717) is 29.5 Å². The van der Waals surface area contributed by atoms with Crippen LogP contribution in [0.15, 0.2) is 47.8 Å². The number of benzene rings is 1. The quantitative estimate of drug-likeness (QED) is 0.586. The van der Waals surface area contributed by atoms with Gasteiger partial charge in [0.2, 0.25) is 0 Å². The van der Waals surface area contributed by atoms with Crippen molar-refractivity contribution in [1.29, 1.82) is 0 Å². The van der Waals surface area contributed by atoms with E-state index in [1.165, 1.54) is 4.88 Å². The van der Waals surface area contributed by atoms with Crippen LogP contribution in [0.4, 0.5) is 5.69 Å². The molecule has 3 rings (SSSR count). The number of aromatic nitrogens is 1. The molecular weight excluding hydrogens is 356 g/mol. The fourth-order valence-electron chi connectivity index (χ4n) is 2.97. The van der Waals surface area contributed by atoms with Crippen LogP contribution in [0.5, 0.6) is 5.75 Å². The van der Waals surface area contributed by atoms with Gasteiger partial charge in [-0.05, 0) is 49.4 Å². The average Bonchev–Trinajstić information content (AvgIpc) is 3.24. The maximum absolute atomic E-state index is 12.9. The second-order valence-corrected chi connectivity index (χ2v) is 8.14. The Morgan fingerprint density at radius 2 is 1.96 bits per heavy atom. The molecule has 2 heterocycles. The van der Waals surface area contributed by atoms with Gasteiger partial charge in [-0.3, -0.25) is 4.79 Å². The standard InChI is InChI=1S/C22H26N2O2S/c1-15(2)14-26-21-10-6-5-9-20(21)23-22(25)19-12-16(3)24(17(19)4)13-18-8-7-11-27-18/h5-12,15H,13-14H2,1-4H3,(H,23,25). The Morgan fingerprint density at radius 1 is 1.19 bits per heavy atom. The molecular formula is C22H26N2O2S. The van der Waals surface area contributed by atoms with Crippen LogP contribution in [-0.4, -0.2) is 17.1 Å². The molecule has 1 amide bonds. The number of thiophene rings is 1. The number of hydrogen-bond donors (Lipinski definition) is 1. The maximum atomic E-state index is 12.9. The number of hydrogen-bond acceptors (Lipinski definition) is 3. The highest BCUT2D eigenvalue weighted by Gasteiger charge is 2.17. The van der Waals surface area contributed by atoms with Crippen molar-refractivity contribution >= 4 is 22.9 Å². The summed E-state index contributed by atoms with van der Waals surface area (Å²) < 4.78 is 8.03. The van der Waals surface area contributed by atoms with Crippen molar-refractivity contribution in [2.45, 2.75) is 34.2 Å². The van der Waals surface area contributed by atoms with Crippen molar-refractivity contribution in [2.24, 2.45) is 5.92 Å². The second-order valence-electron chi connectivity index (χ2n) is 7.11. The zero-order valence-corrected chi connectivity index (χ0v) is 17.1. The molecule has 0 unspecified atom stereocenters. The predicted octanol–water partition coefficient (Wildman–Crippen LogP) is 5.50. The van der Waals surface area contributed by atoms with E-state index in [1.807, 2.05) is 44.2 Å². The Hall–Kier alpha value is -2.53. The molecule has 0 fully saturated rings. The molecule has 0 spiro atoms. The third-order valence-electron chi connectivity index (χ3n) is 4.42. The minimum absolute atomic E-state index is 0.110. The highest BCUT2D eigenvalue weighted by Crippen LogP contribution is 2.26. The van der Waals surface area contributed by atoms with Crippen LogP contribution in [0.3, 0.4) is 0 Å². The number of nitrogens with zero attached hydrogens (tertiary/aromatic N) is 1. The van der Waals surface area contributed by atoms with Crippen LogP contribution in [0, 0.1) is 19.8 Å². The summed E-state index contributed by atoms with van der Waals surface area (Å²) in [5.74, 6) is 1.01. The number of carbonyl (C=O) groups is 1. The minimum Gasteiger partial charge on any atom is -0.491 e. The predicted molar refractivity (Wildman–Crippen MR) is 112 cm³/mol. The summed E-state index contributed by atoms with van der Waals surface area (Å²) in [6, 6.07) is 13.7. The van der Waals surface area contributed by atoms with Gasteiger partial charge in [-0.15, -0.1) is 11.3 Å². The lowest BCUT2D eigenvalue weighted by molar-refractivity contribution is 0.102. The Bertz CT molecular complexity index is 911. The number of anilines is 1. The van der Waals surface area contributed by atoms with Gasteiger partial charge in [0.05, 0.1) is 24.4 Å². The number of aryl methyl sites for hydroxylation is 1. The SMILES string of the molecule is Cc1cc(C(=O)Nc2ccccc2OCC(C)C)c(C)n1Cc1cccs1. The van der Waals surface area contributed by atoms with Gasteiger partial charge in [-0.25, -0.2) is 0 Å². The molecule has 3 aromatic rings. The Kier molecular flexibility index (Phi) is 6.01. The van der Waals surface area contributed by atoms with E-state index in [1.54, 1.807) is 11.3 Å². The van der Waals surface area contributed by atoms with E-state index < -0.39 is 0 Å². The fraction of sp³-hybridized carbons (Fsp3) is 0.318. The number of rotatable bonds is 7. The van der Waals surface area contributed by atoms with E-state index in [-0.39, 0.29) is 5.91 Å². The first-order chi connectivity index (χ1) is 13.0. The minimum atomic E-state index is -0.110. The smallest absolute Gasteiger partial charge is 0.257 e. The molecule has 5 heteroatoms. The topological polar surface area (TPSA) is 43.3 Å². The summed E-state index contributed by atoms with van der Waals surface area (Å²) >= 11 is 1.73. The molecule has 0 atom stereocenters. The average molecular weight is 383 g/mol. The highest BCUT2D eigenvalue weighted by molar-refractivity contribution is 7.09. The van der Waals surface area contributed by atoms with Crippen molar-refractivity contribution in [3.8, 4) is 5.75 Å². The lowest BCUT2D eigenvalue weighted by Gasteiger charge is -2.14. The molecule has 27 heavy (non-hydrogen) atoms. The van der Waals surface area contributed by atoms with E-state index in [9.17, 15) is 4.79 Å². The van der Waals surface area contributed by atoms with Crippen LogP contribution in [0.1, 0.15) is 40.5 Å². The first-order valence-corrected chi connectivity index (χ1v) is 10.1. The zero-order chi connectivity index (χ0) is 19.4. The maximum Gasteiger partial charge on any atom is 0.257 e. The molecule has 142 valence electrons. The van der Waals surface area contributed by atoms with Crippen molar-refractivity contribution < 1.29 is 9.53 Å². The third kappa shape index (κ3) is 4.61. The monoisotopic (exact) mass is 382 g/mol. The Balaban J connectivity index is 1.79. The molecule has 4 nitrogen and oxygen atoms in total. The Labute approximate surface area is 164 Å². The Morgan fingerprint density at radius 3 is 2.67 bits per heavy atom. The van der Waals surface area contributed by atoms with Crippen LogP contribution in [0.2, 0.25) is 0 Å². The number of ether oxygens (including phenoxy) is 1. The number of amides is 1. The summed E-state index contributed by atoms with van der Waals surface area (Å²) in [7, 11) is 0. The normalized spacial score (nSPS) is 11.0. The van der Waals surface area contributed by atoms with Gasteiger partial charge >= 0.3 is 0 Å². The summed E-state index contributed by atoms with van der Waals surface area (Å²) in [6.07, 6.45) is 0. The van der Waals surface area contributed by atoms with Crippen LogP contribution in [-0.2, 0) is 6.54 Å². The molecule has 0 bridgehead atoms. The summed E-state index contributed by atoms with van der Waals surface area (Å²) in [5.41, 5.74) is 3.45. The number of para-hydroxylation sites is 2. The summed E-state index contributed by atoms with van der Waals surface area (Å²) in [4.78, 5) is 14.2. The number of nitrogens with one attached hydrogen (secondary N) is 1. The van der Waals surface area contributed by atoms with Crippen LogP contribution < -0.4 is 10.1 Å². The van der Waals surface area contributed by atoms with E-state index in [0.717, 1.165) is 17.9 Å². The second kappa shape index (κ2) is 8.44. The first-order valence-electron chi connectivity index (χ1n) is 9.18. The summed E-state index contributed by atoms with van der Waals surface area (Å²) in [6.45, 7) is 9.64. The van der Waals surface area contributed by atoms with Gasteiger partial charge in [0, 0.05) is 16.3 Å². The number of carbonyl (C=O) groups excluding carboxylic acids is 1. The van der Waals surface area contributed by atoms with Crippen LogP contribution >= 0.6 is 11.3 Å². The van der Waals surface area contributed by atoms with Gasteiger partial charge < -0.3 is 14.6 Å². The van der Waals surface area contributed by atoms with Gasteiger partial charge in [-0.2, -0.15) is 0 Å². The fourth-order valence-corrected chi connectivity index (χ4v) is 3.67. The van der Waals surface area contributed by atoms with Gasteiger partial charge in [0.1, 0.15) is 5.75 Å². The molecule has 0 saturated carbocycles. The molecule has 0 aliphatic heterocycles. The van der Waals surface area contributed by atoms with Gasteiger partial charge in [0.15, 0.2) is 0 Å². The van der Waals surface area contributed by atoms with E-state index >= 15 is 0 Å².